The van der Waals surface area contributed by atoms with Gasteiger partial charge in [-0.2, -0.15) is 0 Å². The van der Waals surface area contributed by atoms with Crippen molar-refractivity contribution >= 4 is 38.5 Å². The van der Waals surface area contributed by atoms with Gasteiger partial charge in [0.25, 0.3) is 0 Å². The number of nitrogens with one attached hydrogen (secondary N) is 1. The van der Waals surface area contributed by atoms with Crippen molar-refractivity contribution in [2.24, 2.45) is 5.84 Å². The summed E-state index contributed by atoms with van der Waals surface area (Å²) < 4.78 is 6.89. The van der Waals surface area contributed by atoms with Crippen LogP contribution in [0.2, 0.25) is 5.02 Å². The van der Waals surface area contributed by atoms with Crippen molar-refractivity contribution in [3.8, 4) is 0 Å². The van der Waals surface area contributed by atoms with Gasteiger partial charge in [0, 0.05) is 14.9 Å². The van der Waals surface area contributed by atoms with E-state index in [2.05, 4.69) is 21.4 Å². The van der Waals surface area contributed by atoms with Crippen LogP contribution in [-0.2, 0) is 0 Å². The van der Waals surface area contributed by atoms with Gasteiger partial charge in [0.1, 0.15) is 17.4 Å². The van der Waals surface area contributed by atoms with Gasteiger partial charge < -0.3 is 4.42 Å². The number of hydrogen-bond acceptors (Lipinski definition) is 3. The SMILES string of the molecule is Cc1cccc2cc(C(NN)c3cc(Cl)cc(Br)c3)oc12. The largest absolute Gasteiger partial charge is 0.459 e. The lowest BCUT2D eigenvalue weighted by atomic mass is 10.0. The molecule has 0 saturated heterocycles. The first-order valence-electron chi connectivity index (χ1n) is 6.49. The quantitative estimate of drug-likeness (QED) is 0.522. The Morgan fingerprint density at radius 1 is 1.24 bits per heavy atom. The molecule has 3 nitrogen and oxygen atoms in total. The second kappa shape index (κ2) is 5.81. The maximum absolute atomic E-state index is 6.11. The fourth-order valence-electron chi connectivity index (χ4n) is 2.46. The molecule has 0 fully saturated rings. The Bertz CT molecular complexity index is 780. The van der Waals surface area contributed by atoms with Crippen LogP contribution >= 0.6 is 27.5 Å². The maximum atomic E-state index is 6.11. The normalized spacial score (nSPS) is 12.8. The highest BCUT2D eigenvalue weighted by Gasteiger charge is 2.18. The fraction of sp³-hybridized carbons (Fsp3) is 0.125. The van der Waals surface area contributed by atoms with Crippen molar-refractivity contribution in [2.45, 2.75) is 13.0 Å². The Morgan fingerprint density at radius 3 is 2.71 bits per heavy atom. The van der Waals surface area contributed by atoms with Crippen LogP contribution in [0.1, 0.15) is 22.9 Å². The van der Waals surface area contributed by atoms with Gasteiger partial charge in [-0.15, -0.1) is 0 Å². The third-order valence-electron chi connectivity index (χ3n) is 3.43. The zero-order valence-electron chi connectivity index (χ0n) is 11.4. The van der Waals surface area contributed by atoms with Gasteiger partial charge in [-0.05, 0) is 42.3 Å². The number of halogens is 2. The molecule has 3 aromatic rings. The molecule has 0 spiro atoms. The Morgan fingerprint density at radius 2 is 2.05 bits per heavy atom. The van der Waals surface area contributed by atoms with E-state index in [1.807, 2.05) is 49.4 Å². The summed E-state index contributed by atoms with van der Waals surface area (Å²) in [4.78, 5) is 0. The number of aryl methyl sites for hydroxylation is 1. The molecule has 0 amide bonds. The van der Waals surface area contributed by atoms with Crippen LogP contribution < -0.4 is 11.3 Å². The van der Waals surface area contributed by atoms with Crippen LogP contribution in [0.5, 0.6) is 0 Å². The van der Waals surface area contributed by atoms with Crippen molar-refractivity contribution < 1.29 is 4.42 Å². The van der Waals surface area contributed by atoms with E-state index < -0.39 is 0 Å². The Labute approximate surface area is 136 Å². The molecule has 3 N–H and O–H groups in total. The summed E-state index contributed by atoms with van der Waals surface area (Å²) in [5.74, 6) is 6.49. The molecule has 0 saturated carbocycles. The highest BCUT2D eigenvalue weighted by atomic mass is 79.9. The second-order valence-corrected chi connectivity index (χ2v) is 6.30. The molecule has 1 atom stereocenters. The van der Waals surface area contributed by atoms with Crippen molar-refractivity contribution in [3.05, 3.63) is 68.8 Å². The summed E-state index contributed by atoms with van der Waals surface area (Å²) in [6.07, 6.45) is 0. The molecule has 0 aliphatic rings. The van der Waals surface area contributed by atoms with E-state index in [1.165, 1.54) is 0 Å². The molecule has 0 aliphatic heterocycles. The van der Waals surface area contributed by atoms with E-state index in [1.54, 1.807) is 0 Å². The van der Waals surface area contributed by atoms with Crippen LogP contribution in [-0.4, -0.2) is 0 Å². The standard InChI is InChI=1S/C16H14BrClN2O/c1-9-3-2-4-10-7-14(21-16(9)10)15(20-19)11-5-12(17)8-13(18)6-11/h2-8,15,20H,19H2,1H3. The number of fused-ring (bicyclic) bond motifs is 1. The molecule has 1 heterocycles. The van der Waals surface area contributed by atoms with E-state index in [9.17, 15) is 0 Å². The summed E-state index contributed by atoms with van der Waals surface area (Å²) in [7, 11) is 0. The lowest BCUT2D eigenvalue weighted by molar-refractivity contribution is 0.476. The number of para-hydroxylation sites is 1. The van der Waals surface area contributed by atoms with Crippen molar-refractivity contribution in [1.82, 2.24) is 5.43 Å². The molecule has 108 valence electrons. The second-order valence-electron chi connectivity index (χ2n) is 4.94. The topological polar surface area (TPSA) is 51.2 Å². The minimum Gasteiger partial charge on any atom is -0.459 e. The van der Waals surface area contributed by atoms with Gasteiger partial charge in [-0.1, -0.05) is 45.7 Å². The van der Waals surface area contributed by atoms with Crippen molar-refractivity contribution in [1.29, 1.82) is 0 Å². The monoisotopic (exact) mass is 364 g/mol. The predicted octanol–water partition coefficient (Wildman–Crippen LogP) is 4.71. The summed E-state index contributed by atoms with van der Waals surface area (Å²) in [6, 6.07) is 13.5. The molecular weight excluding hydrogens is 352 g/mol. The Hall–Kier alpha value is -1.33. The fourth-order valence-corrected chi connectivity index (χ4v) is 3.34. The molecule has 1 aromatic heterocycles. The van der Waals surface area contributed by atoms with Gasteiger partial charge >= 0.3 is 0 Å². The highest BCUT2D eigenvalue weighted by molar-refractivity contribution is 9.10. The zero-order chi connectivity index (χ0) is 15.0. The van der Waals surface area contributed by atoms with Gasteiger partial charge in [-0.25, -0.2) is 5.43 Å². The predicted molar refractivity (Wildman–Crippen MR) is 89.3 cm³/mol. The van der Waals surface area contributed by atoms with Crippen LogP contribution in [0, 0.1) is 6.92 Å². The van der Waals surface area contributed by atoms with Gasteiger partial charge in [0.05, 0.1) is 0 Å². The van der Waals surface area contributed by atoms with E-state index >= 15 is 0 Å². The molecule has 0 radical (unpaired) electrons. The number of nitrogens with two attached hydrogens (primary N) is 1. The lowest BCUT2D eigenvalue weighted by Gasteiger charge is -2.14. The number of rotatable bonds is 3. The number of hydrogen-bond donors (Lipinski definition) is 2. The van der Waals surface area contributed by atoms with Crippen LogP contribution in [0.3, 0.4) is 0 Å². The molecule has 5 heteroatoms. The summed E-state index contributed by atoms with van der Waals surface area (Å²) in [5.41, 5.74) is 5.72. The van der Waals surface area contributed by atoms with Crippen LogP contribution in [0.4, 0.5) is 0 Å². The van der Waals surface area contributed by atoms with Gasteiger partial charge in [0.15, 0.2) is 0 Å². The molecular formula is C16H14BrClN2O. The first kappa shape index (κ1) is 14.6. The van der Waals surface area contributed by atoms with E-state index in [-0.39, 0.29) is 6.04 Å². The van der Waals surface area contributed by atoms with Crippen LogP contribution in [0.15, 0.2) is 51.4 Å². The lowest BCUT2D eigenvalue weighted by Crippen LogP contribution is -2.28. The summed E-state index contributed by atoms with van der Waals surface area (Å²) in [6.45, 7) is 2.02. The molecule has 2 aromatic carbocycles. The minimum atomic E-state index is -0.258. The maximum Gasteiger partial charge on any atom is 0.137 e. The summed E-state index contributed by atoms with van der Waals surface area (Å²) >= 11 is 9.56. The first-order valence-corrected chi connectivity index (χ1v) is 7.67. The van der Waals surface area contributed by atoms with E-state index in [4.69, 9.17) is 21.9 Å². The van der Waals surface area contributed by atoms with Gasteiger partial charge in [0.2, 0.25) is 0 Å². The third-order valence-corrected chi connectivity index (χ3v) is 4.11. The average Bonchev–Trinajstić information content (AvgIpc) is 2.83. The number of hydrazine groups is 1. The van der Waals surface area contributed by atoms with Gasteiger partial charge in [-0.3, -0.25) is 5.84 Å². The smallest absolute Gasteiger partial charge is 0.137 e. The van der Waals surface area contributed by atoms with E-state index in [0.717, 1.165) is 32.3 Å². The molecule has 0 bridgehead atoms. The van der Waals surface area contributed by atoms with E-state index in [0.29, 0.717) is 5.02 Å². The molecule has 21 heavy (non-hydrogen) atoms. The molecule has 3 rings (SSSR count). The Balaban J connectivity index is 2.11. The first-order chi connectivity index (χ1) is 10.1. The third kappa shape index (κ3) is 2.85. The molecule has 0 aliphatic carbocycles. The average molecular weight is 366 g/mol. The number of benzene rings is 2. The van der Waals surface area contributed by atoms with Crippen molar-refractivity contribution in [3.63, 3.8) is 0 Å². The summed E-state index contributed by atoms with van der Waals surface area (Å²) in [5, 5.41) is 1.71. The molecule has 1 unspecified atom stereocenters. The Kier molecular flexibility index (Phi) is 4.04. The minimum absolute atomic E-state index is 0.258. The highest BCUT2D eigenvalue weighted by Crippen LogP contribution is 2.32. The van der Waals surface area contributed by atoms with Crippen molar-refractivity contribution in [2.75, 3.05) is 0 Å². The van der Waals surface area contributed by atoms with Crippen LogP contribution in [0.25, 0.3) is 11.0 Å². The zero-order valence-corrected chi connectivity index (χ0v) is 13.7. The number of furan rings is 1.